The second-order valence-electron chi connectivity index (χ2n) is 6.81. The highest BCUT2D eigenvalue weighted by Gasteiger charge is 2.32. The van der Waals surface area contributed by atoms with Gasteiger partial charge in [-0.05, 0) is 37.5 Å². The van der Waals surface area contributed by atoms with Crippen LogP contribution >= 0.6 is 0 Å². The Kier molecular flexibility index (Phi) is 6.60. The summed E-state index contributed by atoms with van der Waals surface area (Å²) in [7, 11) is 1.52. The van der Waals surface area contributed by atoms with Gasteiger partial charge in [0.15, 0.2) is 0 Å². The molecule has 1 aliphatic heterocycles. The first kappa shape index (κ1) is 19.8. The molecule has 0 radical (unpaired) electrons. The quantitative estimate of drug-likeness (QED) is 0.772. The van der Waals surface area contributed by atoms with E-state index in [0.29, 0.717) is 24.3 Å². The number of methoxy groups -OCH3 is 1. The van der Waals surface area contributed by atoms with Gasteiger partial charge in [0.2, 0.25) is 11.8 Å². The monoisotopic (exact) mass is 362 g/mol. The normalized spacial score (nSPS) is 17.2. The van der Waals surface area contributed by atoms with Crippen molar-refractivity contribution in [3.8, 4) is 5.75 Å². The van der Waals surface area contributed by atoms with Gasteiger partial charge >= 0.3 is 5.97 Å². The van der Waals surface area contributed by atoms with Crippen molar-refractivity contribution in [2.45, 2.75) is 44.6 Å². The average molecular weight is 362 g/mol. The molecule has 2 amide bonds. The third kappa shape index (κ3) is 5.21. The number of likely N-dealkylation sites (tertiary alicyclic amines) is 1. The molecule has 0 bridgehead atoms. The molecular formula is C19H26N2O5. The Morgan fingerprint density at radius 2 is 2.08 bits per heavy atom. The highest BCUT2D eigenvalue weighted by Crippen LogP contribution is 2.28. The van der Waals surface area contributed by atoms with E-state index in [1.807, 2.05) is 0 Å². The zero-order chi connectivity index (χ0) is 19.2. The zero-order valence-electron chi connectivity index (χ0n) is 15.3. The second kappa shape index (κ2) is 8.69. The summed E-state index contributed by atoms with van der Waals surface area (Å²) in [6, 6.07) is 6.96. The number of nitrogens with zero attached hydrogens (tertiary/aromatic N) is 1. The number of rotatable bonds is 7. The molecule has 2 rings (SSSR count). The maximum absolute atomic E-state index is 12.6. The molecule has 1 fully saturated rings. The summed E-state index contributed by atoms with van der Waals surface area (Å²) in [6.07, 6.45) is 2.87. The fourth-order valence-corrected chi connectivity index (χ4v) is 3.21. The summed E-state index contributed by atoms with van der Waals surface area (Å²) in [4.78, 5) is 37.6. The number of amides is 2. The molecular weight excluding hydrogens is 336 g/mol. The maximum Gasteiger partial charge on any atom is 0.306 e. The van der Waals surface area contributed by atoms with Crippen LogP contribution in [-0.2, 0) is 19.9 Å². The molecule has 1 aliphatic rings. The number of carbonyl (C=O) groups excluding carboxylic acids is 2. The van der Waals surface area contributed by atoms with Crippen molar-refractivity contribution in [2.75, 3.05) is 20.2 Å². The minimum atomic E-state index is -1.10. The van der Waals surface area contributed by atoms with Gasteiger partial charge in [-0.3, -0.25) is 14.4 Å². The van der Waals surface area contributed by atoms with E-state index < -0.39 is 11.5 Å². The van der Waals surface area contributed by atoms with Crippen molar-refractivity contribution in [2.24, 2.45) is 0 Å². The molecule has 7 nitrogen and oxygen atoms in total. The molecule has 0 aromatic heterocycles. The van der Waals surface area contributed by atoms with E-state index in [9.17, 15) is 19.5 Å². The fourth-order valence-electron chi connectivity index (χ4n) is 3.21. The third-order valence-corrected chi connectivity index (χ3v) is 4.63. The van der Waals surface area contributed by atoms with Crippen molar-refractivity contribution in [1.29, 1.82) is 0 Å². The molecule has 1 saturated heterocycles. The Morgan fingerprint density at radius 3 is 2.77 bits per heavy atom. The Morgan fingerprint density at radius 1 is 1.31 bits per heavy atom. The van der Waals surface area contributed by atoms with Gasteiger partial charge in [-0.1, -0.05) is 18.6 Å². The molecule has 1 aromatic carbocycles. The topological polar surface area (TPSA) is 95.9 Å². The summed E-state index contributed by atoms with van der Waals surface area (Å²) < 4.78 is 5.20. The van der Waals surface area contributed by atoms with Crippen LogP contribution in [0.2, 0.25) is 0 Å². The molecule has 1 atom stereocenters. The summed E-state index contributed by atoms with van der Waals surface area (Å²) in [5.74, 6) is -0.844. The lowest BCUT2D eigenvalue weighted by atomic mass is 9.88. The predicted molar refractivity (Wildman–Crippen MR) is 95.8 cm³/mol. The molecule has 142 valence electrons. The van der Waals surface area contributed by atoms with Crippen molar-refractivity contribution < 1.29 is 24.2 Å². The Hall–Kier alpha value is -2.57. The van der Waals surface area contributed by atoms with Crippen LogP contribution in [0.4, 0.5) is 0 Å². The minimum absolute atomic E-state index is 0.0287. The lowest BCUT2D eigenvalue weighted by molar-refractivity contribution is -0.140. The molecule has 7 heteroatoms. The van der Waals surface area contributed by atoms with Gasteiger partial charge in [0.05, 0.1) is 25.6 Å². The van der Waals surface area contributed by atoms with Gasteiger partial charge in [0.1, 0.15) is 5.75 Å². The number of carboxylic acid groups (broad SMARTS) is 1. The molecule has 1 aromatic rings. The van der Waals surface area contributed by atoms with E-state index in [1.165, 1.54) is 7.11 Å². The Bertz CT molecular complexity index is 676. The van der Waals surface area contributed by atoms with Crippen molar-refractivity contribution in [1.82, 2.24) is 10.2 Å². The summed E-state index contributed by atoms with van der Waals surface area (Å²) in [5.41, 5.74) is -0.471. The van der Waals surface area contributed by atoms with Gasteiger partial charge in [0.25, 0.3) is 0 Å². The van der Waals surface area contributed by atoms with Crippen LogP contribution in [0, 0.1) is 0 Å². The first-order valence-electron chi connectivity index (χ1n) is 8.79. The zero-order valence-corrected chi connectivity index (χ0v) is 15.3. The van der Waals surface area contributed by atoms with Crippen LogP contribution < -0.4 is 10.1 Å². The number of nitrogens with one attached hydrogen (secondary N) is 1. The lowest BCUT2D eigenvalue weighted by Crippen LogP contribution is -2.49. The van der Waals surface area contributed by atoms with Gasteiger partial charge in [-0.2, -0.15) is 0 Å². The minimum Gasteiger partial charge on any atom is -0.497 e. The van der Waals surface area contributed by atoms with Crippen LogP contribution in [-0.4, -0.2) is 48.0 Å². The number of ether oxygens (including phenoxy) is 1. The molecule has 26 heavy (non-hydrogen) atoms. The van der Waals surface area contributed by atoms with E-state index in [0.717, 1.165) is 19.3 Å². The largest absolute Gasteiger partial charge is 0.497 e. The highest BCUT2D eigenvalue weighted by atomic mass is 16.5. The van der Waals surface area contributed by atoms with Gasteiger partial charge in [0, 0.05) is 13.0 Å². The van der Waals surface area contributed by atoms with E-state index >= 15 is 0 Å². The summed E-state index contributed by atoms with van der Waals surface area (Å²) in [5, 5.41) is 12.1. The number of aliphatic carboxylic acids is 1. The number of carbonyl (C=O) groups is 3. The molecule has 0 aliphatic carbocycles. The molecule has 1 unspecified atom stereocenters. The predicted octanol–water partition coefficient (Wildman–Crippen LogP) is 1.90. The summed E-state index contributed by atoms with van der Waals surface area (Å²) in [6.45, 7) is 2.16. The Labute approximate surface area is 153 Å². The van der Waals surface area contributed by atoms with Crippen molar-refractivity contribution in [3.05, 3.63) is 29.8 Å². The van der Waals surface area contributed by atoms with E-state index in [2.05, 4.69) is 5.32 Å². The molecule has 2 N–H and O–H groups in total. The van der Waals surface area contributed by atoms with Crippen molar-refractivity contribution in [3.63, 3.8) is 0 Å². The van der Waals surface area contributed by atoms with Crippen LogP contribution in [0.1, 0.15) is 44.6 Å². The maximum atomic E-state index is 12.6. The Balaban J connectivity index is 2.16. The first-order chi connectivity index (χ1) is 12.3. The number of benzene rings is 1. The smallest absolute Gasteiger partial charge is 0.306 e. The van der Waals surface area contributed by atoms with Gasteiger partial charge in [-0.25, -0.2) is 0 Å². The SMILES string of the molecule is COc1cccc(C(C)(CC(=O)O)NC(=O)CN2CCCCCC2=O)c1. The van der Waals surface area contributed by atoms with Crippen LogP contribution in [0.3, 0.4) is 0 Å². The standard InChI is InChI=1S/C19H26N2O5/c1-19(12-18(24)25,14-7-6-8-15(11-14)26-2)20-16(22)13-21-10-5-3-4-9-17(21)23/h6-8,11H,3-5,9-10,12-13H2,1-2H3,(H,20,22)(H,24,25). The number of carboxylic acids is 1. The third-order valence-electron chi connectivity index (χ3n) is 4.63. The lowest BCUT2D eigenvalue weighted by Gasteiger charge is -2.31. The van der Waals surface area contributed by atoms with E-state index in [4.69, 9.17) is 4.74 Å². The molecule has 0 saturated carbocycles. The van der Waals surface area contributed by atoms with Gasteiger partial charge < -0.3 is 20.1 Å². The average Bonchev–Trinajstić information content (AvgIpc) is 2.78. The fraction of sp³-hybridized carbons (Fsp3) is 0.526. The summed E-state index contributed by atoms with van der Waals surface area (Å²) >= 11 is 0. The van der Waals surface area contributed by atoms with Crippen LogP contribution in [0.25, 0.3) is 0 Å². The molecule has 0 spiro atoms. The van der Waals surface area contributed by atoms with Crippen LogP contribution in [0.15, 0.2) is 24.3 Å². The number of hydrogen-bond donors (Lipinski definition) is 2. The first-order valence-corrected chi connectivity index (χ1v) is 8.79. The van der Waals surface area contributed by atoms with E-state index in [-0.39, 0.29) is 24.8 Å². The van der Waals surface area contributed by atoms with E-state index in [1.54, 1.807) is 36.1 Å². The number of hydrogen-bond acceptors (Lipinski definition) is 4. The van der Waals surface area contributed by atoms with Crippen LogP contribution in [0.5, 0.6) is 5.75 Å². The molecule has 1 heterocycles. The van der Waals surface area contributed by atoms with Gasteiger partial charge in [-0.15, -0.1) is 0 Å². The van der Waals surface area contributed by atoms with Crippen molar-refractivity contribution >= 4 is 17.8 Å². The highest BCUT2D eigenvalue weighted by molar-refractivity contribution is 5.86. The second-order valence-corrected chi connectivity index (χ2v) is 6.81.